The van der Waals surface area contributed by atoms with Crippen LogP contribution in [-0.4, -0.2) is 67.3 Å². The molecule has 11 heteroatoms. The molecule has 33 heavy (non-hydrogen) atoms. The van der Waals surface area contributed by atoms with Gasteiger partial charge in [-0.1, -0.05) is 11.6 Å². The largest absolute Gasteiger partial charge is 0.392 e. The van der Waals surface area contributed by atoms with Crippen LogP contribution in [0.15, 0.2) is 35.4 Å². The summed E-state index contributed by atoms with van der Waals surface area (Å²) in [7, 11) is -3.51. The second kappa shape index (κ2) is 9.44. The molecular weight excluding hydrogens is 471 g/mol. The van der Waals surface area contributed by atoms with Crippen molar-refractivity contribution in [3.05, 3.63) is 46.9 Å². The molecule has 178 valence electrons. The minimum absolute atomic E-state index is 0.0773. The molecule has 0 bridgehead atoms. The first-order valence-corrected chi connectivity index (χ1v) is 13.0. The minimum atomic E-state index is -3.51. The van der Waals surface area contributed by atoms with Crippen molar-refractivity contribution in [2.75, 3.05) is 36.1 Å². The van der Waals surface area contributed by atoms with E-state index in [2.05, 4.69) is 15.2 Å². The van der Waals surface area contributed by atoms with Gasteiger partial charge >= 0.3 is 0 Å². The predicted octanol–water partition coefficient (Wildman–Crippen LogP) is 2.45. The second-order valence-corrected chi connectivity index (χ2v) is 10.9. The molecule has 8 nitrogen and oxygen atoms in total. The molecule has 2 aromatic rings. The maximum absolute atomic E-state index is 14.4. The van der Waals surface area contributed by atoms with Gasteiger partial charge in [0, 0.05) is 38.1 Å². The smallest absolute Gasteiger partial charge is 0.245 e. The molecule has 2 saturated heterocycles. The second-order valence-electron chi connectivity index (χ2n) is 8.46. The van der Waals surface area contributed by atoms with E-state index in [4.69, 9.17) is 11.6 Å². The number of nitrogens with one attached hydrogen (secondary N) is 1. The first-order chi connectivity index (χ1) is 15.7. The van der Waals surface area contributed by atoms with Crippen molar-refractivity contribution in [3.63, 3.8) is 0 Å². The summed E-state index contributed by atoms with van der Waals surface area (Å²) in [6.07, 6.45) is 4.69. The summed E-state index contributed by atoms with van der Waals surface area (Å²) in [6, 6.07) is 4.89. The summed E-state index contributed by atoms with van der Waals surface area (Å²) in [5.41, 5.74) is 0.770. The Morgan fingerprint density at radius 1 is 1.21 bits per heavy atom. The number of benzene rings is 1. The molecule has 0 aliphatic carbocycles. The average Bonchev–Trinajstić information content (AvgIpc) is 3.14. The molecule has 2 aliphatic heterocycles. The fourth-order valence-electron chi connectivity index (χ4n) is 4.41. The van der Waals surface area contributed by atoms with Gasteiger partial charge in [-0.05, 0) is 49.1 Å². The van der Waals surface area contributed by atoms with Crippen LogP contribution in [0.5, 0.6) is 0 Å². The van der Waals surface area contributed by atoms with Crippen LogP contribution in [0.25, 0.3) is 0 Å². The van der Waals surface area contributed by atoms with E-state index >= 15 is 0 Å². The van der Waals surface area contributed by atoms with Gasteiger partial charge in [-0.2, -0.15) is 0 Å². The molecule has 1 amide bonds. The van der Waals surface area contributed by atoms with E-state index in [1.807, 2.05) is 4.90 Å². The van der Waals surface area contributed by atoms with Crippen LogP contribution in [0.3, 0.4) is 0 Å². The number of anilines is 2. The lowest BCUT2D eigenvalue weighted by molar-refractivity contribution is -0.130. The van der Waals surface area contributed by atoms with Crippen LogP contribution in [0.4, 0.5) is 15.9 Å². The molecule has 2 N–H and O–H groups in total. The highest BCUT2D eigenvalue weighted by atomic mass is 35.5. The number of nitrogens with zero attached hydrogens (tertiary/aromatic N) is 3. The van der Waals surface area contributed by atoms with Gasteiger partial charge in [0.1, 0.15) is 17.7 Å². The summed E-state index contributed by atoms with van der Waals surface area (Å²) >= 11 is 6.32. The lowest BCUT2D eigenvalue weighted by atomic mass is 10.0. The van der Waals surface area contributed by atoms with E-state index in [-0.39, 0.29) is 29.1 Å². The van der Waals surface area contributed by atoms with E-state index in [9.17, 15) is 22.7 Å². The number of amides is 1. The lowest BCUT2D eigenvalue weighted by Gasteiger charge is -2.37. The Morgan fingerprint density at radius 3 is 2.55 bits per heavy atom. The molecule has 0 radical (unpaired) electrons. The van der Waals surface area contributed by atoms with Gasteiger partial charge in [0.25, 0.3) is 0 Å². The molecule has 1 aromatic carbocycles. The van der Waals surface area contributed by atoms with Crippen molar-refractivity contribution in [1.29, 1.82) is 0 Å². The number of carbonyl (C=O) groups is 1. The van der Waals surface area contributed by atoms with Gasteiger partial charge in [0.2, 0.25) is 5.91 Å². The van der Waals surface area contributed by atoms with Gasteiger partial charge in [-0.25, -0.2) is 17.8 Å². The van der Waals surface area contributed by atoms with Crippen molar-refractivity contribution in [2.45, 2.75) is 42.8 Å². The van der Waals surface area contributed by atoms with E-state index in [1.54, 1.807) is 12.3 Å². The number of aliphatic hydroxyl groups excluding tert-OH is 1. The van der Waals surface area contributed by atoms with Crippen molar-refractivity contribution in [1.82, 2.24) is 9.88 Å². The number of piperidine rings is 1. The number of aromatic nitrogens is 1. The van der Waals surface area contributed by atoms with Crippen molar-refractivity contribution in [3.8, 4) is 0 Å². The highest BCUT2D eigenvalue weighted by Crippen LogP contribution is 2.30. The van der Waals surface area contributed by atoms with Crippen molar-refractivity contribution < 1.29 is 22.7 Å². The Balaban J connectivity index is 1.36. The Kier molecular flexibility index (Phi) is 6.78. The fourth-order valence-corrected chi connectivity index (χ4v) is 5.35. The summed E-state index contributed by atoms with van der Waals surface area (Å²) in [5.74, 6) is -0.106. The SMILES string of the molecule is CS(=O)(=O)c1ccc(NC2CCN(C3CCN(c4ncc(CO)cc4Cl)CC3)C2=O)c(F)c1. The Labute approximate surface area is 197 Å². The summed E-state index contributed by atoms with van der Waals surface area (Å²) in [6.45, 7) is 1.85. The number of hydrogen-bond donors (Lipinski definition) is 2. The summed E-state index contributed by atoms with van der Waals surface area (Å²) in [5, 5.41) is 12.6. The highest BCUT2D eigenvalue weighted by molar-refractivity contribution is 7.90. The zero-order valence-corrected chi connectivity index (χ0v) is 19.7. The molecule has 1 unspecified atom stereocenters. The van der Waals surface area contributed by atoms with Crippen molar-refractivity contribution in [2.24, 2.45) is 0 Å². The summed E-state index contributed by atoms with van der Waals surface area (Å²) in [4.78, 5) is 21.2. The number of aliphatic hydroxyl groups is 1. The predicted molar refractivity (Wildman–Crippen MR) is 124 cm³/mol. The monoisotopic (exact) mass is 496 g/mol. The Hall–Kier alpha value is -2.43. The topological polar surface area (TPSA) is 103 Å². The third-order valence-electron chi connectivity index (χ3n) is 6.20. The molecule has 1 atom stereocenters. The normalized spacial score (nSPS) is 19.9. The van der Waals surface area contributed by atoms with Gasteiger partial charge < -0.3 is 20.2 Å². The van der Waals surface area contributed by atoms with Crippen LogP contribution in [0.2, 0.25) is 5.02 Å². The first kappa shape index (κ1) is 23.7. The number of rotatable bonds is 6. The van der Waals surface area contributed by atoms with E-state index in [0.29, 0.717) is 42.5 Å². The zero-order chi connectivity index (χ0) is 23.8. The van der Waals surface area contributed by atoms with Crippen LogP contribution in [-0.2, 0) is 21.2 Å². The molecule has 1 aromatic heterocycles. The van der Waals surface area contributed by atoms with Crippen molar-refractivity contribution >= 4 is 38.9 Å². The molecule has 2 aliphatic rings. The highest BCUT2D eigenvalue weighted by Gasteiger charge is 2.37. The van der Waals surface area contributed by atoms with Crippen LogP contribution < -0.4 is 10.2 Å². The molecular formula is C22H26ClFN4O4S. The van der Waals surface area contributed by atoms with Crippen LogP contribution >= 0.6 is 11.6 Å². The quantitative estimate of drug-likeness (QED) is 0.633. The third-order valence-corrected chi connectivity index (χ3v) is 7.59. The maximum atomic E-state index is 14.4. The van der Waals surface area contributed by atoms with Gasteiger partial charge in [0.15, 0.2) is 9.84 Å². The van der Waals surface area contributed by atoms with Crippen LogP contribution in [0, 0.1) is 5.82 Å². The zero-order valence-electron chi connectivity index (χ0n) is 18.2. The fraction of sp³-hybridized carbons (Fsp3) is 0.455. The van der Waals surface area contributed by atoms with Gasteiger partial charge in [-0.15, -0.1) is 0 Å². The number of carbonyl (C=O) groups excluding carboxylic acids is 1. The molecule has 0 spiro atoms. The van der Waals surface area contributed by atoms with Gasteiger partial charge in [-0.3, -0.25) is 4.79 Å². The van der Waals surface area contributed by atoms with E-state index in [1.165, 1.54) is 12.1 Å². The summed E-state index contributed by atoms with van der Waals surface area (Å²) < 4.78 is 37.6. The average molecular weight is 497 g/mol. The molecule has 0 saturated carbocycles. The van der Waals surface area contributed by atoms with E-state index < -0.39 is 21.7 Å². The number of likely N-dealkylation sites (tertiary alicyclic amines) is 1. The van der Waals surface area contributed by atoms with E-state index in [0.717, 1.165) is 25.2 Å². The molecule has 4 rings (SSSR count). The Bertz CT molecular complexity index is 1160. The van der Waals surface area contributed by atoms with Gasteiger partial charge in [0.05, 0.1) is 22.2 Å². The maximum Gasteiger partial charge on any atom is 0.245 e. The molecule has 3 heterocycles. The molecule has 2 fully saturated rings. The number of sulfone groups is 1. The third kappa shape index (κ3) is 5.07. The number of halogens is 2. The first-order valence-electron chi connectivity index (χ1n) is 10.7. The lowest BCUT2D eigenvalue weighted by Crippen LogP contribution is -2.47. The standard InChI is InChI=1S/C22H26ClFN4O4S/c1-33(31,32)16-2-3-19(18(24)11-16)26-20-6-9-28(22(20)30)15-4-7-27(8-5-15)21-17(23)10-14(13-29)12-25-21/h2-3,10-12,15,20,26,29H,4-9,13H2,1H3. The minimum Gasteiger partial charge on any atom is -0.392 e. The van der Waals surface area contributed by atoms with Crippen LogP contribution in [0.1, 0.15) is 24.8 Å². The number of pyridine rings is 1. The Morgan fingerprint density at radius 2 is 1.94 bits per heavy atom. The number of hydrogen-bond acceptors (Lipinski definition) is 7.